The first-order chi connectivity index (χ1) is 14.2. The molecule has 2 aromatic rings. The Hall–Kier alpha value is -3.53. The van der Waals surface area contributed by atoms with Gasteiger partial charge in [0.1, 0.15) is 24.1 Å². The number of benzene rings is 1. The standard InChI is InChI=1S/C20H23N3O7/c1-11-8-16(23-30-11)18(26)22-17(12(2)25)19(27)21-15(20(28)29)7-6-13-4-3-5-14(9-13)10-24/h3-5,8-10,12,15,17,25H,6-7H2,1-2H3,(H,21,27)(H,22,26)(H,28,29). The highest BCUT2D eigenvalue weighted by Crippen LogP contribution is 2.09. The third-order valence-electron chi connectivity index (χ3n) is 4.34. The maximum absolute atomic E-state index is 12.5. The first-order valence-electron chi connectivity index (χ1n) is 9.20. The molecule has 1 aromatic heterocycles. The van der Waals surface area contributed by atoms with E-state index in [1.807, 2.05) is 0 Å². The molecular weight excluding hydrogens is 394 g/mol. The number of aryl methyl sites for hydroxylation is 2. The van der Waals surface area contributed by atoms with E-state index < -0.39 is 36.0 Å². The highest BCUT2D eigenvalue weighted by molar-refractivity contribution is 5.97. The summed E-state index contributed by atoms with van der Waals surface area (Å²) >= 11 is 0. The molecule has 0 radical (unpaired) electrons. The molecule has 4 N–H and O–H groups in total. The monoisotopic (exact) mass is 417 g/mol. The predicted octanol–water partition coefficient (Wildman–Crippen LogP) is 0.477. The number of rotatable bonds is 10. The number of hydrogen-bond donors (Lipinski definition) is 4. The van der Waals surface area contributed by atoms with Crippen LogP contribution in [0.5, 0.6) is 0 Å². The Morgan fingerprint density at radius 1 is 1.23 bits per heavy atom. The summed E-state index contributed by atoms with van der Waals surface area (Å²) in [6.07, 6.45) is -0.262. The van der Waals surface area contributed by atoms with Crippen molar-refractivity contribution in [3.8, 4) is 0 Å². The third-order valence-corrected chi connectivity index (χ3v) is 4.34. The number of aromatic nitrogens is 1. The molecular formula is C20H23N3O7. The lowest BCUT2D eigenvalue weighted by Crippen LogP contribution is -2.55. The molecule has 30 heavy (non-hydrogen) atoms. The smallest absolute Gasteiger partial charge is 0.326 e. The second-order valence-corrected chi connectivity index (χ2v) is 6.82. The average molecular weight is 417 g/mol. The topological polar surface area (TPSA) is 159 Å². The molecule has 2 rings (SSSR count). The number of aliphatic hydroxyl groups excluding tert-OH is 1. The number of aldehydes is 1. The van der Waals surface area contributed by atoms with Crippen molar-refractivity contribution in [1.82, 2.24) is 15.8 Å². The first kappa shape index (κ1) is 22.8. The van der Waals surface area contributed by atoms with Gasteiger partial charge in [0.15, 0.2) is 5.69 Å². The Kier molecular flexibility index (Phi) is 7.82. The van der Waals surface area contributed by atoms with Crippen LogP contribution in [0.15, 0.2) is 34.9 Å². The molecule has 0 bridgehead atoms. The van der Waals surface area contributed by atoms with Crippen LogP contribution >= 0.6 is 0 Å². The Morgan fingerprint density at radius 3 is 2.53 bits per heavy atom. The summed E-state index contributed by atoms with van der Waals surface area (Å²) in [5.41, 5.74) is 1.13. The summed E-state index contributed by atoms with van der Waals surface area (Å²) in [6.45, 7) is 2.88. The van der Waals surface area contributed by atoms with Gasteiger partial charge < -0.3 is 25.4 Å². The molecule has 3 unspecified atom stereocenters. The summed E-state index contributed by atoms with van der Waals surface area (Å²) in [5, 5.41) is 27.5. The zero-order chi connectivity index (χ0) is 22.3. The third kappa shape index (κ3) is 6.24. The number of hydrogen-bond acceptors (Lipinski definition) is 7. The average Bonchev–Trinajstić information content (AvgIpc) is 3.15. The molecule has 0 saturated carbocycles. The van der Waals surface area contributed by atoms with Crippen molar-refractivity contribution >= 4 is 24.1 Å². The van der Waals surface area contributed by atoms with Gasteiger partial charge >= 0.3 is 5.97 Å². The number of carbonyl (C=O) groups excluding carboxylic acids is 3. The Labute approximate surface area is 172 Å². The molecule has 10 heteroatoms. The van der Waals surface area contributed by atoms with Crippen molar-refractivity contribution in [3.63, 3.8) is 0 Å². The quantitative estimate of drug-likeness (QED) is 0.406. The molecule has 10 nitrogen and oxygen atoms in total. The van der Waals surface area contributed by atoms with E-state index in [2.05, 4.69) is 15.8 Å². The minimum Gasteiger partial charge on any atom is -0.480 e. The lowest BCUT2D eigenvalue weighted by Gasteiger charge is -2.23. The normalized spacial score (nSPS) is 13.7. The second kappa shape index (κ2) is 10.3. The van der Waals surface area contributed by atoms with Crippen molar-refractivity contribution in [2.24, 2.45) is 0 Å². The van der Waals surface area contributed by atoms with Crippen molar-refractivity contribution < 1.29 is 33.9 Å². The molecule has 1 heterocycles. The number of aliphatic carboxylic acids is 1. The molecule has 3 atom stereocenters. The van der Waals surface area contributed by atoms with Crippen LogP contribution in [-0.2, 0) is 16.0 Å². The van der Waals surface area contributed by atoms with E-state index in [4.69, 9.17) is 4.52 Å². The van der Waals surface area contributed by atoms with Crippen LogP contribution in [0.4, 0.5) is 0 Å². The van der Waals surface area contributed by atoms with E-state index in [1.54, 1.807) is 31.2 Å². The lowest BCUT2D eigenvalue weighted by molar-refractivity contribution is -0.142. The van der Waals surface area contributed by atoms with Crippen LogP contribution < -0.4 is 10.6 Å². The number of amides is 2. The molecule has 0 aliphatic heterocycles. The summed E-state index contributed by atoms with van der Waals surface area (Å²) in [7, 11) is 0. The molecule has 0 fully saturated rings. The van der Waals surface area contributed by atoms with Gasteiger partial charge in [0.05, 0.1) is 6.10 Å². The minimum atomic E-state index is -1.39. The number of carboxylic acid groups (broad SMARTS) is 1. The molecule has 160 valence electrons. The van der Waals surface area contributed by atoms with Crippen LogP contribution in [-0.4, -0.2) is 57.6 Å². The Bertz CT molecular complexity index is 923. The predicted molar refractivity (Wildman–Crippen MR) is 104 cm³/mol. The number of carbonyl (C=O) groups is 4. The van der Waals surface area contributed by atoms with Crippen molar-refractivity contribution in [2.75, 3.05) is 0 Å². The Morgan fingerprint density at radius 2 is 1.97 bits per heavy atom. The van der Waals surface area contributed by atoms with Gasteiger partial charge in [-0.05, 0) is 38.3 Å². The second-order valence-electron chi connectivity index (χ2n) is 6.82. The van der Waals surface area contributed by atoms with Gasteiger partial charge in [-0.3, -0.25) is 14.4 Å². The van der Waals surface area contributed by atoms with E-state index in [-0.39, 0.29) is 12.1 Å². The Balaban J connectivity index is 2.03. The molecule has 1 aromatic carbocycles. The van der Waals surface area contributed by atoms with Gasteiger partial charge in [-0.1, -0.05) is 23.4 Å². The van der Waals surface area contributed by atoms with Gasteiger partial charge in [0, 0.05) is 11.6 Å². The van der Waals surface area contributed by atoms with Crippen LogP contribution in [0.3, 0.4) is 0 Å². The SMILES string of the molecule is Cc1cc(C(=O)NC(C(=O)NC(CCc2cccc(C=O)c2)C(=O)O)C(C)O)no1. The lowest BCUT2D eigenvalue weighted by atomic mass is 10.0. The van der Waals surface area contributed by atoms with Gasteiger partial charge in [0.25, 0.3) is 5.91 Å². The van der Waals surface area contributed by atoms with Gasteiger partial charge in [-0.2, -0.15) is 0 Å². The molecule has 0 spiro atoms. The van der Waals surface area contributed by atoms with E-state index in [1.165, 1.54) is 13.0 Å². The van der Waals surface area contributed by atoms with Crippen molar-refractivity contribution in [3.05, 3.63) is 52.9 Å². The fourth-order valence-corrected chi connectivity index (χ4v) is 2.75. The highest BCUT2D eigenvalue weighted by Gasteiger charge is 2.30. The van der Waals surface area contributed by atoms with Crippen LogP contribution in [0.2, 0.25) is 0 Å². The van der Waals surface area contributed by atoms with Gasteiger partial charge in [-0.15, -0.1) is 0 Å². The fourth-order valence-electron chi connectivity index (χ4n) is 2.75. The molecule has 0 saturated heterocycles. The maximum atomic E-state index is 12.5. The number of carboxylic acids is 1. The minimum absolute atomic E-state index is 0.0480. The van der Waals surface area contributed by atoms with E-state index in [9.17, 15) is 29.4 Å². The number of nitrogens with one attached hydrogen (secondary N) is 2. The van der Waals surface area contributed by atoms with Crippen LogP contribution in [0.1, 0.15) is 45.5 Å². The zero-order valence-electron chi connectivity index (χ0n) is 16.5. The molecule has 0 aliphatic carbocycles. The largest absolute Gasteiger partial charge is 0.480 e. The number of aliphatic hydroxyl groups is 1. The summed E-state index contributed by atoms with van der Waals surface area (Å²) in [5.74, 6) is -2.47. The summed E-state index contributed by atoms with van der Waals surface area (Å²) in [6, 6.07) is 5.38. The highest BCUT2D eigenvalue weighted by atomic mass is 16.5. The fraction of sp³-hybridized carbons (Fsp3) is 0.350. The zero-order valence-corrected chi connectivity index (χ0v) is 16.5. The van der Waals surface area contributed by atoms with Crippen molar-refractivity contribution in [1.29, 1.82) is 0 Å². The van der Waals surface area contributed by atoms with E-state index in [0.717, 1.165) is 5.56 Å². The number of nitrogens with zero attached hydrogens (tertiary/aromatic N) is 1. The summed E-state index contributed by atoms with van der Waals surface area (Å²) in [4.78, 5) is 47.2. The van der Waals surface area contributed by atoms with E-state index in [0.29, 0.717) is 24.0 Å². The van der Waals surface area contributed by atoms with Crippen molar-refractivity contribution in [2.45, 2.75) is 44.9 Å². The van der Waals surface area contributed by atoms with Gasteiger partial charge in [0.2, 0.25) is 5.91 Å². The van der Waals surface area contributed by atoms with Gasteiger partial charge in [-0.25, -0.2) is 4.79 Å². The van der Waals surface area contributed by atoms with Crippen LogP contribution in [0.25, 0.3) is 0 Å². The molecule has 0 aliphatic rings. The maximum Gasteiger partial charge on any atom is 0.326 e. The molecule has 2 amide bonds. The first-order valence-corrected chi connectivity index (χ1v) is 9.20. The summed E-state index contributed by atoms with van der Waals surface area (Å²) < 4.78 is 4.80. The van der Waals surface area contributed by atoms with E-state index >= 15 is 0 Å². The van der Waals surface area contributed by atoms with Crippen LogP contribution in [0, 0.1) is 6.92 Å².